The van der Waals surface area contributed by atoms with Crippen molar-refractivity contribution in [2.45, 2.75) is 19.1 Å². The number of rotatable bonds is 1. The van der Waals surface area contributed by atoms with E-state index in [9.17, 15) is 10.2 Å². The van der Waals surface area contributed by atoms with Gasteiger partial charge in [0.05, 0.1) is 6.61 Å². The number of ether oxygens (including phenoxy) is 1. The highest BCUT2D eigenvalue weighted by atomic mass is 16.5. The fraction of sp³-hybridized carbons (Fsp3) is 0.556. The average molecular weight is 186 g/mol. The molecule has 3 N–H and O–H groups in total. The van der Waals surface area contributed by atoms with Crippen molar-refractivity contribution in [3.8, 4) is 0 Å². The predicted molar refractivity (Wildman–Crippen MR) is 46.9 cm³/mol. The molecular weight excluding hydrogens is 172 g/mol. The third kappa shape index (κ3) is 2.09. The monoisotopic (exact) mass is 186 g/mol. The van der Waals surface area contributed by atoms with E-state index < -0.39 is 12.2 Å². The molecule has 0 aromatic heterocycles. The summed E-state index contributed by atoms with van der Waals surface area (Å²) in [5.41, 5.74) is 0.521. The van der Waals surface area contributed by atoms with Gasteiger partial charge < -0.3 is 20.1 Å². The van der Waals surface area contributed by atoms with E-state index in [4.69, 9.17) is 9.84 Å². The fourth-order valence-electron chi connectivity index (χ4n) is 1.28. The second-order valence-corrected chi connectivity index (χ2v) is 2.82. The summed E-state index contributed by atoms with van der Waals surface area (Å²) in [6.07, 6.45) is 1.32. The molecule has 0 aromatic carbocycles. The molecule has 1 fully saturated rings. The Morgan fingerprint density at radius 3 is 2.77 bits per heavy atom. The van der Waals surface area contributed by atoms with Gasteiger partial charge in [-0.3, -0.25) is 0 Å². The van der Waals surface area contributed by atoms with Crippen molar-refractivity contribution in [1.29, 1.82) is 0 Å². The number of hydrogen-bond donors (Lipinski definition) is 3. The van der Waals surface area contributed by atoms with E-state index in [1.165, 1.54) is 6.08 Å². The van der Waals surface area contributed by atoms with Crippen LogP contribution in [0.5, 0.6) is 0 Å². The largest absolute Gasteiger partial charge is 0.491 e. The van der Waals surface area contributed by atoms with E-state index in [2.05, 4.69) is 0 Å². The van der Waals surface area contributed by atoms with Crippen LogP contribution in [0.2, 0.25) is 0 Å². The maximum atomic E-state index is 9.51. The molecule has 0 amide bonds. The van der Waals surface area contributed by atoms with Crippen molar-refractivity contribution < 1.29 is 20.1 Å². The van der Waals surface area contributed by atoms with Crippen molar-refractivity contribution in [2.24, 2.45) is 0 Å². The minimum absolute atomic E-state index is 0.0599. The van der Waals surface area contributed by atoms with Crippen LogP contribution in [0.3, 0.4) is 0 Å². The summed E-state index contributed by atoms with van der Waals surface area (Å²) in [4.78, 5) is 0. The minimum atomic E-state index is -0.920. The zero-order valence-electron chi connectivity index (χ0n) is 7.47. The summed E-state index contributed by atoms with van der Waals surface area (Å²) in [5, 5.41) is 27.4. The topological polar surface area (TPSA) is 69.9 Å². The van der Waals surface area contributed by atoms with Crippen LogP contribution in [0.4, 0.5) is 0 Å². The maximum absolute atomic E-state index is 9.51. The Morgan fingerprint density at radius 1 is 1.54 bits per heavy atom. The molecular formula is C9H14O4. The third-order valence-electron chi connectivity index (χ3n) is 1.96. The molecule has 74 valence electrons. The summed E-state index contributed by atoms with van der Waals surface area (Å²) in [6, 6.07) is 0. The normalized spacial score (nSPS) is 35.1. The van der Waals surface area contributed by atoms with Gasteiger partial charge in [0, 0.05) is 5.57 Å². The molecule has 1 aliphatic rings. The first-order valence-electron chi connectivity index (χ1n) is 4.17. The molecule has 1 unspecified atom stereocenters. The Hall–Kier alpha value is -0.840. The molecule has 2 atom stereocenters. The number of aliphatic hydroxyl groups excluding tert-OH is 3. The van der Waals surface area contributed by atoms with Crippen molar-refractivity contribution in [3.63, 3.8) is 0 Å². The quantitative estimate of drug-likeness (QED) is 0.519. The van der Waals surface area contributed by atoms with E-state index in [1.54, 1.807) is 13.0 Å². The van der Waals surface area contributed by atoms with Crippen molar-refractivity contribution in [1.82, 2.24) is 0 Å². The van der Waals surface area contributed by atoms with Crippen molar-refractivity contribution in [2.75, 3.05) is 13.2 Å². The SMILES string of the molecule is C/C=C1\C(=C/CO)OC[C@@H](O)C1O. The number of allylic oxidation sites excluding steroid dienone is 1. The zero-order valence-corrected chi connectivity index (χ0v) is 7.47. The summed E-state index contributed by atoms with van der Waals surface area (Å²) in [6.45, 7) is 1.66. The van der Waals surface area contributed by atoms with Crippen LogP contribution in [0.1, 0.15) is 6.92 Å². The van der Waals surface area contributed by atoms with Crippen LogP contribution >= 0.6 is 0 Å². The lowest BCUT2D eigenvalue weighted by molar-refractivity contribution is -0.0303. The molecule has 0 aromatic rings. The van der Waals surface area contributed by atoms with Gasteiger partial charge in [-0.2, -0.15) is 0 Å². The van der Waals surface area contributed by atoms with Gasteiger partial charge in [0.25, 0.3) is 0 Å². The second-order valence-electron chi connectivity index (χ2n) is 2.82. The van der Waals surface area contributed by atoms with Gasteiger partial charge in [-0.05, 0) is 13.0 Å². The lowest BCUT2D eigenvalue weighted by Gasteiger charge is -2.28. The van der Waals surface area contributed by atoms with E-state index in [1.807, 2.05) is 0 Å². The summed E-state index contributed by atoms with van der Waals surface area (Å²) < 4.78 is 5.13. The Kier molecular flexibility index (Phi) is 3.48. The van der Waals surface area contributed by atoms with E-state index in [0.29, 0.717) is 11.3 Å². The number of hydrogen-bond acceptors (Lipinski definition) is 4. The maximum Gasteiger partial charge on any atom is 0.123 e. The molecule has 0 aliphatic carbocycles. The molecule has 1 heterocycles. The average Bonchev–Trinajstić information content (AvgIpc) is 2.12. The van der Waals surface area contributed by atoms with Gasteiger partial charge in [0.2, 0.25) is 0 Å². The molecule has 0 bridgehead atoms. The van der Waals surface area contributed by atoms with Gasteiger partial charge in [0.1, 0.15) is 24.6 Å². The van der Waals surface area contributed by atoms with Gasteiger partial charge in [0.15, 0.2) is 0 Å². The van der Waals surface area contributed by atoms with Crippen LogP contribution in [0.15, 0.2) is 23.5 Å². The van der Waals surface area contributed by atoms with Crippen LogP contribution in [0, 0.1) is 0 Å². The highest BCUT2D eigenvalue weighted by Crippen LogP contribution is 2.23. The van der Waals surface area contributed by atoms with E-state index >= 15 is 0 Å². The molecule has 13 heavy (non-hydrogen) atoms. The Balaban J connectivity index is 2.85. The highest BCUT2D eigenvalue weighted by Gasteiger charge is 2.29. The van der Waals surface area contributed by atoms with E-state index in [0.717, 1.165) is 0 Å². The smallest absolute Gasteiger partial charge is 0.123 e. The van der Waals surface area contributed by atoms with E-state index in [-0.39, 0.29) is 13.2 Å². The molecule has 0 spiro atoms. The first kappa shape index (κ1) is 10.2. The Bertz CT molecular complexity index is 232. The highest BCUT2D eigenvalue weighted by molar-refractivity contribution is 5.32. The summed E-state index contributed by atoms with van der Waals surface area (Å²) in [7, 11) is 0. The van der Waals surface area contributed by atoms with Gasteiger partial charge in [-0.15, -0.1) is 0 Å². The van der Waals surface area contributed by atoms with Crippen LogP contribution in [-0.4, -0.2) is 40.7 Å². The van der Waals surface area contributed by atoms with Gasteiger partial charge >= 0.3 is 0 Å². The molecule has 1 aliphatic heterocycles. The minimum Gasteiger partial charge on any atom is -0.491 e. The lowest BCUT2D eigenvalue weighted by atomic mass is 10.00. The fourth-order valence-corrected chi connectivity index (χ4v) is 1.28. The third-order valence-corrected chi connectivity index (χ3v) is 1.96. The summed E-state index contributed by atoms with van der Waals surface area (Å²) in [5.74, 6) is 0.447. The van der Waals surface area contributed by atoms with Crippen molar-refractivity contribution >= 4 is 0 Å². The molecule has 4 heteroatoms. The van der Waals surface area contributed by atoms with Crippen LogP contribution in [-0.2, 0) is 4.74 Å². The first-order valence-corrected chi connectivity index (χ1v) is 4.17. The first-order chi connectivity index (χ1) is 6.20. The second kappa shape index (κ2) is 4.41. The van der Waals surface area contributed by atoms with Crippen molar-refractivity contribution in [3.05, 3.63) is 23.5 Å². The predicted octanol–water partition coefficient (Wildman–Crippen LogP) is -0.439. The zero-order chi connectivity index (χ0) is 9.84. The van der Waals surface area contributed by atoms with Gasteiger partial charge in [-0.1, -0.05) is 6.08 Å². The molecule has 0 radical (unpaired) electrons. The van der Waals surface area contributed by atoms with Crippen LogP contribution in [0.25, 0.3) is 0 Å². The molecule has 4 nitrogen and oxygen atoms in total. The Morgan fingerprint density at radius 2 is 2.23 bits per heavy atom. The lowest BCUT2D eigenvalue weighted by Crippen LogP contribution is -2.37. The summed E-state index contributed by atoms with van der Waals surface area (Å²) >= 11 is 0. The standard InChI is InChI=1S/C9H14O4/c1-2-6-8(3-4-10)13-5-7(11)9(6)12/h2-3,7,9-12H,4-5H2,1H3/b6-2+,8-3+/t7-,9?/m1/s1. The molecule has 1 rings (SSSR count). The number of aliphatic hydroxyl groups is 3. The Labute approximate surface area is 76.8 Å². The molecule has 1 saturated heterocycles. The van der Waals surface area contributed by atoms with Crippen LogP contribution < -0.4 is 0 Å². The molecule has 0 saturated carbocycles. The van der Waals surface area contributed by atoms with Gasteiger partial charge in [-0.25, -0.2) is 0 Å².